The summed E-state index contributed by atoms with van der Waals surface area (Å²) < 4.78 is 15.4. The van der Waals surface area contributed by atoms with E-state index in [9.17, 15) is 19.2 Å². The van der Waals surface area contributed by atoms with Crippen molar-refractivity contribution >= 4 is 23.8 Å². The van der Waals surface area contributed by atoms with E-state index in [0.29, 0.717) is 5.56 Å². The number of imide groups is 2. The van der Waals surface area contributed by atoms with Crippen LogP contribution in [0, 0.1) is 0 Å². The molecular formula is C19H24N2O7. The average molecular weight is 392 g/mol. The van der Waals surface area contributed by atoms with Gasteiger partial charge in [-0.3, -0.25) is 14.4 Å². The summed E-state index contributed by atoms with van der Waals surface area (Å²) in [5.41, 5.74) is -1.66. The molecule has 1 saturated heterocycles. The highest BCUT2D eigenvalue weighted by molar-refractivity contribution is 6.22. The number of barbiturate groups is 1. The number of benzene rings is 1. The molecule has 152 valence electrons. The van der Waals surface area contributed by atoms with Crippen LogP contribution in [0.5, 0.6) is 0 Å². The van der Waals surface area contributed by atoms with Gasteiger partial charge in [-0.05, 0) is 5.56 Å². The van der Waals surface area contributed by atoms with Crippen molar-refractivity contribution in [3.8, 4) is 0 Å². The molecule has 4 amide bonds. The lowest BCUT2D eigenvalue weighted by Gasteiger charge is -2.45. The summed E-state index contributed by atoms with van der Waals surface area (Å²) in [5.74, 6) is -3.51. The maximum atomic E-state index is 13.3. The number of methoxy groups -OCH3 is 2. The standard InChI is InChI=1S/C19H24N2O7/c1-5-15(22)28-19(13(2)14-9-7-6-8-10-14)16(23)20(11-26-3)18(25)21(12-27-4)17(19)24/h6-10,13H,5,11-12H2,1-4H3. The molecule has 1 fully saturated rings. The third-order valence-electron chi connectivity index (χ3n) is 4.58. The maximum absolute atomic E-state index is 13.3. The number of amides is 4. The Balaban J connectivity index is 2.67. The lowest BCUT2D eigenvalue weighted by molar-refractivity contribution is -0.192. The van der Waals surface area contributed by atoms with E-state index in [1.807, 2.05) is 0 Å². The molecule has 0 aliphatic carbocycles. The van der Waals surface area contributed by atoms with Crippen LogP contribution in [0.15, 0.2) is 30.3 Å². The Morgan fingerprint density at radius 2 is 1.50 bits per heavy atom. The lowest BCUT2D eigenvalue weighted by Crippen LogP contribution is -2.72. The van der Waals surface area contributed by atoms with Crippen LogP contribution in [0.3, 0.4) is 0 Å². The first kappa shape index (κ1) is 21.5. The highest BCUT2D eigenvalue weighted by atomic mass is 16.6. The quantitative estimate of drug-likeness (QED) is 0.488. The van der Waals surface area contributed by atoms with E-state index in [0.717, 1.165) is 9.80 Å². The van der Waals surface area contributed by atoms with Crippen LogP contribution in [-0.4, -0.2) is 66.9 Å². The van der Waals surface area contributed by atoms with E-state index < -0.39 is 48.8 Å². The molecule has 9 nitrogen and oxygen atoms in total. The van der Waals surface area contributed by atoms with Crippen LogP contribution in [0.2, 0.25) is 0 Å². The van der Waals surface area contributed by atoms with Crippen molar-refractivity contribution in [2.75, 3.05) is 27.7 Å². The molecule has 1 atom stereocenters. The van der Waals surface area contributed by atoms with Gasteiger partial charge in [0.05, 0.1) is 0 Å². The third-order valence-corrected chi connectivity index (χ3v) is 4.58. The fourth-order valence-electron chi connectivity index (χ4n) is 3.07. The zero-order valence-electron chi connectivity index (χ0n) is 16.3. The van der Waals surface area contributed by atoms with E-state index in [1.54, 1.807) is 44.2 Å². The van der Waals surface area contributed by atoms with Gasteiger partial charge in [-0.1, -0.05) is 44.2 Å². The number of esters is 1. The second-order valence-electron chi connectivity index (χ2n) is 6.28. The van der Waals surface area contributed by atoms with Gasteiger partial charge in [-0.2, -0.15) is 0 Å². The van der Waals surface area contributed by atoms with E-state index in [1.165, 1.54) is 14.2 Å². The van der Waals surface area contributed by atoms with Crippen molar-refractivity contribution in [3.05, 3.63) is 35.9 Å². The van der Waals surface area contributed by atoms with E-state index >= 15 is 0 Å². The van der Waals surface area contributed by atoms with Gasteiger partial charge in [-0.15, -0.1) is 0 Å². The molecule has 0 saturated carbocycles. The van der Waals surface area contributed by atoms with Crippen LogP contribution >= 0.6 is 0 Å². The van der Waals surface area contributed by atoms with Crippen LogP contribution in [-0.2, 0) is 28.6 Å². The number of hydrogen-bond donors (Lipinski definition) is 0. The lowest BCUT2D eigenvalue weighted by atomic mass is 9.79. The van der Waals surface area contributed by atoms with Crippen molar-refractivity contribution in [1.29, 1.82) is 0 Å². The minimum atomic E-state index is -2.25. The van der Waals surface area contributed by atoms with Gasteiger partial charge < -0.3 is 14.2 Å². The van der Waals surface area contributed by atoms with Gasteiger partial charge in [0.15, 0.2) is 0 Å². The first-order valence-corrected chi connectivity index (χ1v) is 8.77. The molecule has 0 radical (unpaired) electrons. The number of ether oxygens (including phenoxy) is 3. The van der Waals surface area contributed by atoms with E-state index in [2.05, 4.69) is 0 Å². The number of hydrogen-bond acceptors (Lipinski definition) is 7. The molecule has 0 spiro atoms. The summed E-state index contributed by atoms with van der Waals surface area (Å²) in [4.78, 5) is 53.0. The van der Waals surface area contributed by atoms with Gasteiger partial charge in [0.2, 0.25) is 0 Å². The summed E-state index contributed by atoms with van der Waals surface area (Å²) in [7, 11) is 2.61. The Bertz CT molecular complexity index is 722. The summed E-state index contributed by atoms with van der Waals surface area (Å²) in [6.07, 6.45) is -0.0493. The van der Waals surface area contributed by atoms with Gasteiger partial charge >= 0.3 is 12.0 Å². The first-order chi connectivity index (χ1) is 13.3. The molecule has 0 aromatic heterocycles. The normalized spacial score (nSPS) is 17.6. The number of carbonyl (C=O) groups excluding carboxylic acids is 4. The second-order valence-corrected chi connectivity index (χ2v) is 6.28. The molecular weight excluding hydrogens is 368 g/mol. The van der Waals surface area contributed by atoms with Crippen LogP contribution < -0.4 is 0 Å². The highest BCUT2D eigenvalue weighted by Crippen LogP contribution is 2.38. The largest absolute Gasteiger partial charge is 0.438 e. The molecule has 2 rings (SSSR count). The summed E-state index contributed by atoms with van der Waals surface area (Å²) in [6.45, 7) is 2.34. The van der Waals surface area contributed by atoms with Crippen LogP contribution in [0.25, 0.3) is 0 Å². The Morgan fingerprint density at radius 3 is 1.93 bits per heavy atom. The Hall–Kier alpha value is -2.78. The zero-order valence-corrected chi connectivity index (χ0v) is 16.3. The van der Waals surface area contributed by atoms with Gasteiger partial charge in [0.1, 0.15) is 13.5 Å². The topological polar surface area (TPSA) is 102 Å². The number of carbonyl (C=O) groups is 4. The predicted octanol–water partition coefficient (Wildman–Crippen LogP) is 1.48. The van der Waals surface area contributed by atoms with Crippen LogP contribution in [0.1, 0.15) is 31.7 Å². The van der Waals surface area contributed by atoms with Crippen molar-refractivity contribution < 1.29 is 33.4 Å². The summed E-state index contributed by atoms with van der Waals surface area (Å²) in [5, 5.41) is 0. The van der Waals surface area contributed by atoms with E-state index in [-0.39, 0.29) is 6.42 Å². The Kier molecular flexibility index (Phi) is 6.87. The molecule has 1 heterocycles. The van der Waals surface area contributed by atoms with E-state index in [4.69, 9.17) is 14.2 Å². The molecule has 9 heteroatoms. The molecule has 1 aliphatic heterocycles. The zero-order chi connectivity index (χ0) is 20.9. The first-order valence-electron chi connectivity index (χ1n) is 8.77. The van der Waals surface area contributed by atoms with Crippen LogP contribution in [0.4, 0.5) is 4.79 Å². The van der Waals surface area contributed by atoms with Crippen molar-refractivity contribution in [2.24, 2.45) is 0 Å². The Morgan fingerprint density at radius 1 is 1.00 bits per heavy atom. The van der Waals surface area contributed by atoms with Gasteiger partial charge in [0.25, 0.3) is 17.4 Å². The molecule has 1 unspecified atom stereocenters. The molecule has 1 aliphatic rings. The minimum absolute atomic E-state index is 0.0493. The average Bonchev–Trinajstić information content (AvgIpc) is 2.71. The predicted molar refractivity (Wildman–Crippen MR) is 96.8 cm³/mol. The second kappa shape index (κ2) is 8.94. The number of urea groups is 1. The number of rotatable bonds is 8. The van der Waals surface area contributed by atoms with Crippen molar-refractivity contribution in [1.82, 2.24) is 9.80 Å². The third kappa shape index (κ3) is 3.63. The molecule has 1 aromatic carbocycles. The monoisotopic (exact) mass is 392 g/mol. The van der Waals surface area contributed by atoms with Gasteiger partial charge in [-0.25, -0.2) is 14.6 Å². The summed E-state index contributed by atoms with van der Waals surface area (Å²) >= 11 is 0. The van der Waals surface area contributed by atoms with Gasteiger partial charge in [0, 0.05) is 26.6 Å². The maximum Gasteiger partial charge on any atom is 0.337 e. The Labute approximate surface area is 163 Å². The molecule has 1 aromatic rings. The molecule has 0 bridgehead atoms. The summed E-state index contributed by atoms with van der Waals surface area (Å²) in [6, 6.07) is 7.79. The SMILES string of the molecule is CCC(=O)OC1(C(C)c2ccccc2)C(=O)N(COC)C(=O)N(COC)C1=O. The highest BCUT2D eigenvalue weighted by Gasteiger charge is 2.63. The fraction of sp³-hybridized carbons (Fsp3) is 0.474. The minimum Gasteiger partial charge on any atom is -0.438 e. The molecule has 0 N–H and O–H groups in total. The van der Waals surface area contributed by atoms with Crippen molar-refractivity contribution in [3.63, 3.8) is 0 Å². The fourth-order valence-corrected chi connectivity index (χ4v) is 3.07. The molecule has 28 heavy (non-hydrogen) atoms. The number of nitrogens with zero attached hydrogens (tertiary/aromatic N) is 2. The van der Waals surface area contributed by atoms with Crippen molar-refractivity contribution in [2.45, 2.75) is 31.8 Å². The smallest absolute Gasteiger partial charge is 0.337 e.